The van der Waals surface area contributed by atoms with Gasteiger partial charge in [-0.3, -0.25) is 0 Å². The molecule has 1 nitrogen and oxygen atoms in total. The van der Waals surface area contributed by atoms with Crippen molar-refractivity contribution in [3.8, 4) is 0 Å². The molecule has 15 heavy (non-hydrogen) atoms. The van der Waals surface area contributed by atoms with Crippen LogP contribution in [-0.2, 0) is 0 Å². The van der Waals surface area contributed by atoms with E-state index in [0.717, 1.165) is 5.52 Å². The summed E-state index contributed by atoms with van der Waals surface area (Å²) >= 11 is 7.43. The first-order chi connectivity index (χ1) is 7.24. The first-order valence-corrected chi connectivity index (χ1v) is 6.50. The summed E-state index contributed by atoms with van der Waals surface area (Å²) in [4.78, 5) is 4.31. The highest BCUT2D eigenvalue weighted by atomic mass is 35.5. The predicted octanol–water partition coefficient (Wildman–Crippen LogP) is 4.85. The summed E-state index contributed by atoms with van der Waals surface area (Å²) in [6.07, 6.45) is 2.36. The van der Waals surface area contributed by atoms with Crippen LogP contribution in [0.2, 0.25) is 4.47 Å². The lowest BCUT2D eigenvalue weighted by Gasteiger charge is -2.11. The van der Waals surface area contributed by atoms with Crippen molar-refractivity contribution < 1.29 is 0 Å². The van der Waals surface area contributed by atoms with Gasteiger partial charge in [-0.2, -0.15) is 0 Å². The number of hydrogen-bond acceptors (Lipinski definition) is 2. The van der Waals surface area contributed by atoms with Gasteiger partial charge < -0.3 is 0 Å². The van der Waals surface area contributed by atoms with Gasteiger partial charge in [0.15, 0.2) is 4.47 Å². The lowest BCUT2D eigenvalue weighted by Crippen LogP contribution is -1.94. The standard InChI is InChI=1S/C12H14ClNS/c1-3-8(4-2)9-5-6-11-10(7-9)14-12(13)15-11/h5-8H,3-4H2,1-2H3. The number of benzene rings is 1. The molecule has 1 heterocycles. The van der Waals surface area contributed by atoms with Gasteiger partial charge in [0.1, 0.15) is 0 Å². The Labute approximate surface area is 99.1 Å². The van der Waals surface area contributed by atoms with Crippen LogP contribution in [0.3, 0.4) is 0 Å². The van der Waals surface area contributed by atoms with E-state index in [0.29, 0.717) is 10.4 Å². The molecule has 0 saturated heterocycles. The van der Waals surface area contributed by atoms with Gasteiger partial charge in [0.2, 0.25) is 0 Å². The van der Waals surface area contributed by atoms with E-state index in [1.54, 1.807) is 11.3 Å². The molecule has 0 aliphatic rings. The number of rotatable bonds is 3. The van der Waals surface area contributed by atoms with Gasteiger partial charge in [-0.1, -0.05) is 31.5 Å². The molecule has 2 aromatic rings. The number of hydrogen-bond donors (Lipinski definition) is 0. The second-order valence-corrected chi connectivity index (χ2v) is 5.32. The van der Waals surface area contributed by atoms with Gasteiger partial charge in [0.25, 0.3) is 0 Å². The van der Waals surface area contributed by atoms with Gasteiger partial charge >= 0.3 is 0 Å². The molecule has 0 aliphatic heterocycles. The SMILES string of the molecule is CCC(CC)c1ccc2sc(Cl)nc2c1. The molecule has 1 aromatic carbocycles. The monoisotopic (exact) mass is 239 g/mol. The lowest BCUT2D eigenvalue weighted by atomic mass is 9.94. The fraction of sp³-hybridized carbons (Fsp3) is 0.417. The highest BCUT2D eigenvalue weighted by Gasteiger charge is 2.09. The molecule has 0 aliphatic carbocycles. The quantitative estimate of drug-likeness (QED) is 0.746. The fourth-order valence-electron chi connectivity index (χ4n) is 1.93. The second kappa shape index (κ2) is 4.50. The number of fused-ring (bicyclic) bond motifs is 1. The summed E-state index contributed by atoms with van der Waals surface area (Å²) in [5, 5.41) is 0. The summed E-state index contributed by atoms with van der Waals surface area (Å²) < 4.78 is 1.81. The maximum Gasteiger partial charge on any atom is 0.184 e. The number of halogens is 1. The summed E-state index contributed by atoms with van der Waals surface area (Å²) in [7, 11) is 0. The van der Waals surface area contributed by atoms with Crippen molar-refractivity contribution in [2.45, 2.75) is 32.6 Å². The van der Waals surface area contributed by atoms with Crippen LogP contribution in [0.25, 0.3) is 10.2 Å². The van der Waals surface area contributed by atoms with Gasteiger partial charge in [-0.25, -0.2) is 4.98 Å². The van der Waals surface area contributed by atoms with Gasteiger partial charge in [0, 0.05) is 0 Å². The molecule has 0 bridgehead atoms. The molecule has 3 heteroatoms. The molecule has 2 rings (SSSR count). The fourth-order valence-corrected chi connectivity index (χ4v) is 2.94. The summed E-state index contributed by atoms with van der Waals surface area (Å²) in [5.41, 5.74) is 2.42. The second-order valence-electron chi connectivity index (χ2n) is 3.71. The van der Waals surface area contributed by atoms with Crippen LogP contribution in [0.5, 0.6) is 0 Å². The van der Waals surface area contributed by atoms with E-state index in [4.69, 9.17) is 11.6 Å². The average molecular weight is 240 g/mol. The zero-order chi connectivity index (χ0) is 10.8. The Bertz CT molecular complexity index is 460. The molecular formula is C12H14ClNS. The number of aromatic nitrogens is 1. The van der Waals surface area contributed by atoms with Crippen LogP contribution < -0.4 is 0 Å². The minimum atomic E-state index is 0.631. The maximum absolute atomic E-state index is 5.89. The van der Waals surface area contributed by atoms with Crippen molar-refractivity contribution in [2.75, 3.05) is 0 Å². The lowest BCUT2D eigenvalue weighted by molar-refractivity contribution is 0.642. The largest absolute Gasteiger partial charge is 0.225 e. The van der Waals surface area contributed by atoms with E-state index in [-0.39, 0.29) is 0 Å². The first-order valence-electron chi connectivity index (χ1n) is 5.30. The van der Waals surface area contributed by atoms with Crippen LogP contribution in [-0.4, -0.2) is 4.98 Å². The van der Waals surface area contributed by atoms with Gasteiger partial charge in [-0.15, -0.1) is 11.3 Å². The highest BCUT2D eigenvalue weighted by Crippen LogP contribution is 2.30. The Morgan fingerprint density at radius 2 is 2.07 bits per heavy atom. The third kappa shape index (κ3) is 2.16. The molecular weight excluding hydrogens is 226 g/mol. The molecule has 0 amide bonds. The van der Waals surface area contributed by atoms with Crippen LogP contribution in [0, 0.1) is 0 Å². The van der Waals surface area contributed by atoms with E-state index >= 15 is 0 Å². The zero-order valence-electron chi connectivity index (χ0n) is 8.96. The van der Waals surface area contributed by atoms with Crippen molar-refractivity contribution in [1.29, 1.82) is 0 Å². The normalized spacial score (nSPS) is 11.5. The van der Waals surface area contributed by atoms with Gasteiger partial charge in [0.05, 0.1) is 10.2 Å². The van der Waals surface area contributed by atoms with E-state index in [1.165, 1.54) is 23.1 Å². The molecule has 0 spiro atoms. The van der Waals surface area contributed by atoms with Crippen LogP contribution in [0.1, 0.15) is 38.2 Å². The van der Waals surface area contributed by atoms with Crippen molar-refractivity contribution in [3.05, 3.63) is 28.2 Å². The molecule has 0 fully saturated rings. The average Bonchev–Trinajstić information content (AvgIpc) is 2.59. The highest BCUT2D eigenvalue weighted by molar-refractivity contribution is 7.22. The molecule has 80 valence electrons. The van der Waals surface area contributed by atoms with Crippen LogP contribution in [0.15, 0.2) is 18.2 Å². The molecule has 0 atom stereocenters. The van der Waals surface area contributed by atoms with E-state index in [2.05, 4.69) is 37.0 Å². The maximum atomic E-state index is 5.89. The summed E-state index contributed by atoms with van der Waals surface area (Å²) in [5.74, 6) is 0.648. The topological polar surface area (TPSA) is 12.9 Å². The van der Waals surface area contributed by atoms with Gasteiger partial charge in [-0.05, 0) is 36.5 Å². The minimum Gasteiger partial charge on any atom is -0.225 e. The molecule has 0 N–H and O–H groups in total. The Kier molecular flexibility index (Phi) is 3.27. The smallest absolute Gasteiger partial charge is 0.184 e. The zero-order valence-corrected chi connectivity index (χ0v) is 10.5. The molecule has 1 aromatic heterocycles. The van der Waals surface area contributed by atoms with Crippen molar-refractivity contribution >= 4 is 33.2 Å². The third-order valence-corrected chi connectivity index (χ3v) is 3.98. The molecule has 0 radical (unpaired) electrons. The Morgan fingerprint density at radius 3 is 2.73 bits per heavy atom. The number of thiazole rings is 1. The Balaban J connectivity index is 2.45. The third-order valence-electron chi connectivity index (χ3n) is 2.84. The van der Waals surface area contributed by atoms with Crippen molar-refractivity contribution in [3.63, 3.8) is 0 Å². The predicted molar refractivity (Wildman–Crippen MR) is 68.0 cm³/mol. The van der Waals surface area contributed by atoms with E-state index in [1.807, 2.05) is 0 Å². The van der Waals surface area contributed by atoms with Crippen LogP contribution in [0.4, 0.5) is 0 Å². The van der Waals surface area contributed by atoms with Crippen molar-refractivity contribution in [2.24, 2.45) is 0 Å². The first kappa shape index (κ1) is 10.9. The minimum absolute atomic E-state index is 0.631. The van der Waals surface area contributed by atoms with Crippen LogP contribution >= 0.6 is 22.9 Å². The van der Waals surface area contributed by atoms with Crippen molar-refractivity contribution in [1.82, 2.24) is 4.98 Å². The Morgan fingerprint density at radius 1 is 1.33 bits per heavy atom. The Hall–Kier alpha value is -0.600. The summed E-state index contributed by atoms with van der Waals surface area (Å²) in [6.45, 7) is 4.46. The molecule has 0 saturated carbocycles. The number of nitrogens with zero attached hydrogens (tertiary/aromatic N) is 1. The summed E-state index contributed by atoms with van der Waals surface area (Å²) in [6, 6.07) is 6.51. The van der Waals surface area contributed by atoms with E-state index < -0.39 is 0 Å². The van der Waals surface area contributed by atoms with E-state index in [9.17, 15) is 0 Å². The molecule has 0 unspecified atom stereocenters.